The Bertz CT molecular complexity index is 133. The summed E-state index contributed by atoms with van der Waals surface area (Å²) in [7, 11) is 0. The number of rotatable bonds is 2. The van der Waals surface area contributed by atoms with Crippen molar-refractivity contribution in [2.24, 2.45) is 5.73 Å². The van der Waals surface area contributed by atoms with E-state index < -0.39 is 24.5 Å². The summed E-state index contributed by atoms with van der Waals surface area (Å²) in [6, 6.07) is 0. The van der Waals surface area contributed by atoms with E-state index in [2.05, 4.69) is 0 Å². The number of aliphatic hydroxyl groups is 1. The summed E-state index contributed by atoms with van der Waals surface area (Å²) in [5.74, 6) is 0. The molecule has 0 amide bonds. The fourth-order valence-electron chi connectivity index (χ4n) is 0.456. The lowest BCUT2D eigenvalue weighted by Crippen LogP contribution is -2.50. The lowest BCUT2D eigenvalue weighted by molar-refractivity contribution is -0.225. The molecule has 3 N–H and O–H groups in total. The molecule has 0 saturated carbocycles. The fourth-order valence-corrected chi connectivity index (χ4v) is 0.456. The summed E-state index contributed by atoms with van der Waals surface area (Å²) in [5, 5.41) is 8.71. The van der Waals surface area contributed by atoms with E-state index in [4.69, 9.17) is 10.8 Å². The zero-order chi connectivity index (χ0) is 9.28. The molecule has 0 spiro atoms. The van der Waals surface area contributed by atoms with Crippen LogP contribution >= 0.6 is 0 Å². The van der Waals surface area contributed by atoms with Gasteiger partial charge in [0.2, 0.25) is 6.17 Å². The Morgan fingerprint density at radius 1 is 1.45 bits per heavy atom. The van der Waals surface area contributed by atoms with Gasteiger partial charge in [0.15, 0.2) is 0 Å². The topological polar surface area (TPSA) is 46.2 Å². The minimum absolute atomic E-state index is 0.700. The molecule has 0 aliphatic heterocycles. The first-order valence-corrected chi connectivity index (χ1v) is 2.85. The van der Waals surface area contributed by atoms with E-state index in [0.29, 0.717) is 6.92 Å². The van der Waals surface area contributed by atoms with Gasteiger partial charge in [0.1, 0.15) is 5.60 Å². The maximum Gasteiger partial charge on any atom is 0.422 e. The first kappa shape index (κ1) is 10.6. The van der Waals surface area contributed by atoms with E-state index in [1.54, 1.807) is 0 Å². The Morgan fingerprint density at radius 3 is 1.91 bits per heavy atom. The van der Waals surface area contributed by atoms with Crippen LogP contribution in [-0.4, -0.2) is 29.6 Å². The van der Waals surface area contributed by atoms with E-state index >= 15 is 0 Å². The molecule has 0 aliphatic carbocycles. The van der Waals surface area contributed by atoms with Gasteiger partial charge in [-0.2, -0.15) is 13.2 Å². The van der Waals surface area contributed by atoms with Crippen LogP contribution in [0.5, 0.6) is 0 Å². The van der Waals surface area contributed by atoms with Crippen molar-refractivity contribution in [3.63, 3.8) is 0 Å². The van der Waals surface area contributed by atoms with Crippen molar-refractivity contribution < 1.29 is 22.7 Å². The van der Waals surface area contributed by atoms with E-state index in [9.17, 15) is 17.6 Å². The summed E-state index contributed by atoms with van der Waals surface area (Å²) >= 11 is 0. The third-order valence-electron chi connectivity index (χ3n) is 1.25. The van der Waals surface area contributed by atoms with Crippen molar-refractivity contribution in [3.8, 4) is 0 Å². The minimum atomic E-state index is -5.05. The molecule has 0 bridgehead atoms. The van der Waals surface area contributed by atoms with Crippen molar-refractivity contribution in [1.29, 1.82) is 0 Å². The number of alkyl halides is 4. The molecule has 0 fully saturated rings. The van der Waals surface area contributed by atoms with Gasteiger partial charge >= 0.3 is 6.18 Å². The molecule has 0 aliphatic rings. The van der Waals surface area contributed by atoms with E-state index in [0.717, 1.165) is 0 Å². The molecule has 0 saturated heterocycles. The van der Waals surface area contributed by atoms with Gasteiger partial charge in [-0.1, -0.05) is 0 Å². The van der Waals surface area contributed by atoms with Gasteiger partial charge in [-0.3, -0.25) is 0 Å². The predicted molar refractivity (Wildman–Crippen MR) is 30.6 cm³/mol. The third kappa shape index (κ3) is 2.63. The minimum Gasteiger partial charge on any atom is -0.385 e. The third-order valence-corrected chi connectivity index (χ3v) is 1.25. The first-order chi connectivity index (χ1) is 4.72. The highest BCUT2D eigenvalue weighted by Crippen LogP contribution is 2.30. The number of hydrogen-bond donors (Lipinski definition) is 2. The van der Waals surface area contributed by atoms with Crippen LogP contribution in [0.15, 0.2) is 0 Å². The van der Waals surface area contributed by atoms with Crippen molar-refractivity contribution >= 4 is 0 Å². The zero-order valence-corrected chi connectivity index (χ0v) is 5.82. The molecule has 0 rings (SSSR count). The lowest BCUT2D eigenvalue weighted by atomic mass is 10.0. The largest absolute Gasteiger partial charge is 0.422 e. The van der Waals surface area contributed by atoms with Crippen LogP contribution in [0.3, 0.4) is 0 Å². The second-order valence-corrected chi connectivity index (χ2v) is 2.47. The van der Waals surface area contributed by atoms with Crippen molar-refractivity contribution in [1.82, 2.24) is 0 Å². The molecule has 2 nitrogen and oxygen atoms in total. The zero-order valence-electron chi connectivity index (χ0n) is 5.82. The van der Waals surface area contributed by atoms with Crippen LogP contribution < -0.4 is 5.73 Å². The van der Waals surface area contributed by atoms with Gasteiger partial charge in [-0.15, -0.1) is 0 Å². The van der Waals surface area contributed by atoms with Gasteiger partial charge in [0, 0.05) is 6.54 Å². The van der Waals surface area contributed by atoms with E-state index in [1.165, 1.54) is 0 Å². The van der Waals surface area contributed by atoms with Gasteiger partial charge in [0.25, 0.3) is 0 Å². The highest BCUT2D eigenvalue weighted by Gasteiger charge is 2.50. The Hall–Kier alpha value is -0.360. The maximum atomic E-state index is 12.2. The number of hydrogen-bond acceptors (Lipinski definition) is 2. The van der Waals surface area contributed by atoms with Crippen LogP contribution in [0.25, 0.3) is 0 Å². The molecule has 0 heterocycles. The van der Waals surface area contributed by atoms with Crippen molar-refractivity contribution in [3.05, 3.63) is 0 Å². The van der Waals surface area contributed by atoms with Gasteiger partial charge in [-0.05, 0) is 6.92 Å². The van der Waals surface area contributed by atoms with Crippen molar-refractivity contribution in [2.75, 3.05) is 6.54 Å². The smallest absolute Gasteiger partial charge is 0.385 e. The summed E-state index contributed by atoms with van der Waals surface area (Å²) < 4.78 is 46.9. The molecule has 11 heavy (non-hydrogen) atoms. The Kier molecular flexibility index (Phi) is 2.85. The molecule has 0 radical (unpaired) electrons. The molecule has 2 unspecified atom stereocenters. The monoisotopic (exact) mass is 175 g/mol. The van der Waals surface area contributed by atoms with Crippen LogP contribution in [-0.2, 0) is 0 Å². The Labute approximate surface area is 61.0 Å². The molecule has 0 aromatic heterocycles. The highest BCUT2D eigenvalue weighted by atomic mass is 19.4. The quantitative estimate of drug-likeness (QED) is 0.603. The summed E-state index contributed by atoms with van der Waals surface area (Å²) in [4.78, 5) is 0. The molecular formula is C5H9F4NO. The van der Waals surface area contributed by atoms with Gasteiger partial charge in [-0.25, -0.2) is 4.39 Å². The Morgan fingerprint density at radius 2 is 1.82 bits per heavy atom. The second-order valence-electron chi connectivity index (χ2n) is 2.47. The average Bonchev–Trinajstić information content (AvgIpc) is 1.84. The summed E-state index contributed by atoms with van der Waals surface area (Å²) in [6.45, 7) is -0.0706. The standard InChI is InChI=1S/C5H9F4NO/c1-4(11,2-10)3(6)5(7,8)9/h3,11H,2,10H2,1H3. The lowest BCUT2D eigenvalue weighted by Gasteiger charge is -2.26. The summed E-state index contributed by atoms with van der Waals surface area (Å²) in [5.41, 5.74) is 2.18. The highest BCUT2D eigenvalue weighted by molar-refractivity contribution is 4.87. The molecule has 0 aromatic rings. The SMILES string of the molecule is CC(O)(CN)C(F)C(F)(F)F. The number of nitrogens with two attached hydrogens (primary N) is 1. The van der Waals surface area contributed by atoms with Gasteiger partial charge in [0.05, 0.1) is 0 Å². The molecular weight excluding hydrogens is 166 g/mol. The Balaban J connectivity index is 4.35. The van der Waals surface area contributed by atoms with Crippen molar-refractivity contribution in [2.45, 2.75) is 24.9 Å². The molecule has 68 valence electrons. The molecule has 2 atom stereocenters. The van der Waals surface area contributed by atoms with Crippen LogP contribution in [0.1, 0.15) is 6.92 Å². The molecule has 6 heteroatoms. The fraction of sp³-hybridized carbons (Fsp3) is 1.00. The van der Waals surface area contributed by atoms with Crippen LogP contribution in [0.4, 0.5) is 17.6 Å². The second kappa shape index (κ2) is 2.94. The van der Waals surface area contributed by atoms with E-state index in [-0.39, 0.29) is 0 Å². The normalized spacial score (nSPS) is 21.0. The first-order valence-electron chi connectivity index (χ1n) is 2.85. The number of halogens is 4. The van der Waals surface area contributed by atoms with Gasteiger partial charge < -0.3 is 10.8 Å². The molecule has 0 aromatic carbocycles. The van der Waals surface area contributed by atoms with Crippen LogP contribution in [0, 0.1) is 0 Å². The average molecular weight is 175 g/mol. The summed E-state index contributed by atoms with van der Waals surface area (Å²) in [6.07, 6.45) is -8.34. The maximum absolute atomic E-state index is 12.2. The van der Waals surface area contributed by atoms with Crippen LogP contribution in [0.2, 0.25) is 0 Å². The predicted octanol–water partition coefficient (Wildman–Crippen LogP) is 0.597. The van der Waals surface area contributed by atoms with E-state index in [1.807, 2.05) is 0 Å².